The molecular formula is C12H7BrN2O3. The molecule has 90 valence electrons. The lowest BCUT2D eigenvalue weighted by molar-refractivity contribution is 0.174. The molecule has 0 atom stereocenters. The van der Waals surface area contributed by atoms with Gasteiger partial charge in [-0.3, -0.25) is 0 Å². The van der Waals surface area contributed by atoms with Gasteiger partial charge in [-0.05, 0) is 40.5 Å². The molecule has 0 saturated heterocycles. The van der Waals surface area contributed by atoms with Gasteiger partial charge in [0.25, 0.3) is 0 Å². The number of nitriles is 1. The molecule has 0 amide bonds. The number of fused-ring (bicyclic) bond motifs is 1. The zero-order chi connectivity index (χ0) is 12.7. The number of aryl methyl sites for hydroxylation is 1. The highest BCUT2D eigenvalue weighted by Crippen LogP contribution is 2.41. The number of rotatable bonds is 1. The van der Waals surface area contributed by atoms with Gasteiger partial charge in [-0.2, -0.15) is 5.26 Å². The summed E-state index contributed by atoms with van der Waals surface area (Å²) in [6, 6.07) is 5.65. The molecule has 0 radical (unpaired) electrons. The summed E-state index contributed by atoms with van der Waals surface area (Å²) in [7, 11) is 0. The number of benzene rings is 1. The molecule has 2 heterocycles. The minimum atomic E-state index is 0.221. The Balaban J connectivity index is 2.17. The summed E-state index contributed by atoms with van der Waals surface area (Å²) in [6.45, 7) is 2.15. The monoisotopic (exact) mass is 306 g/mol. The third-order valence-electron chi connectivity index (χ3n) is 2.71. The number of ether oxygens (including phenoxy) is 2. The quantitative estimate of drug-likeness (QED) is 0.810. The smallest absolute Gasteiger partial charge is 0.231 e. The van der Waals surface area contributed by atoms with Crippen LogP contribution in [-0.2, 0) is 0 Å². The van der Waals surface area contributed by atoms with Crippen molar-refractivity contribution in [3.05, 3.63) is 27.9 Å². The molecule has 0 saturated carbocycles. The van der Waals surface area contributed by atoms with E-state index in [1.165, 1.54) is 0 Å². The van der Waals surface area contributed by atoms with Gasteiger partial charge in [0.15, 0.2) is 23.0 Å². The van der Waals surface area contributed by atoms with Crippen molar-refractivity contribution in [3.8, 4) is 28.9 Å². The van der Waals surface area contributed by atoms with Crippen LogP contribution in [0.1, 0.15) is 11.3 Å². The zero-order valence-corrected chi connectivity index (χ0v) is 10.9. The van der Waals surface area contributed by atoms with Crippen LogP contribution in [0.15, 0.2) is 21.1 Å². The van der Waals surface area contributed by atoms with E-state index in [4.69, 9.17) is 19.3 Å². The number of hydrogen-bond acceptors (Lipinski definition) is 5. The second-order valence-electron chi connectivity index (χ2n) is 3.81. The first-order valence-electron chi connectivity index (χ1n) is 5.16. The molecule has 0 fully saturated rings. The molecule has 1 aromatic heterocycles. The Morgan fingerprint density at radius 3 is 2.72 bits per heavy atom. The van der Waals surface area contributed by atoms with E-state index in [1.54, 1.807) is 0 Å². The fraction of sp³-hybridized carbons (Fsp3) is 0.167. The van der Waals surface area contributed by atoms with Crippen LogP contribution in [-0.4, -0.2) is 11.9 Å². The summed E-state index contributed by atoms with van der Waals surface area (Å²) in [5.41, 5.74) is 2.00. The zero-order valence-electron chi connectivity index (χ0n) is 9.36. The summed E-state index contributed by atoms with van der Waals surface area (Å²) in [5, 5.41) is 12.5. The third-order valence-corrected chi connectivity index (χ3v) is 3.44. The van der Waals surface area contributed by atoms with Crippen LogP contribution in [0.25, 0.3) is 11.3 Å². The normalized spacial score (nSPS) is 12.5. The molecule has 0 aliphatic carbocycles. The highest BCUT2D eigenvalue weighted by atomic mass is 79.9. The van der Waals surface area contributed by atoms with Gasteiger partial charge in [0.05, 0.1) is 0 Å². The molecule has 18 heavy (non-hydrogen) atoms. The Labute approximate surface area is 111 Å². The van der Waals surface area contributed by atoms with E-state index in [-0.39, 0.29) is 12.5 Å². The van der Waals surface area contributed by atoms with E-state index in [9.17, 15) is 0 Å². The Bertz CT molecular complexity index is 673. The molecule has 0 spiro atoms. The average Bonchev–Trinajstić information content (AvgIpc) is 2.94. The molecule has 1 aromatic carbocycles. The van der Waals surface area contributed by atoms with Crippen molar-refractivity contribution >= 4 is 15.9 Å². The van der Waals surface area contributed by atoms with Crippen LogP contribution < -0.4 is 9.47 Å². The van der Waals surface area contributed by atoms with Gasteiger partial charge >= 0.3 is 0 Å². The van der Waals surface area contributed by atoms with Crippen LogP contribution in [0.4, 0.5) is 0 Å². The Hall–Kier alpha value is -2.00. The maximum absolute atomic E-state index is 8.86. The summed E-state index contributed by atoms with van der Waals surface area (Å²) >= 11 is 3.31. The molecule has 2 aromatic rings. The van der Waals surface area contributed by atoms with Crippen molar-refractivity contribution in [1.29, 1.82) is 5.26 Å². The van der Waals surface area contributed by atoms with E-state index in [2.05, 4.69) is 21.1 Å². The number of hydrogen-bond donors (Lipinski definition) is 0. The van der Waals surface area contributed by atoms with Gasteiger partial charge in [0.1, 0.15) is 10.5 Å². The van der Waals surface area contributed by atoms with E-state index in [0.717, 1.165) is 11.1 Å². The number of aromatic nitrogens is 1. The topological polar surface area (TPSA) is 68.3 Å². The third kappa shape index (κ3) is 1.56. The Kier molecular flexibility index (Phi) is 2.49. The number of halogens is 1. The van der Waals surface area contributed by atoms with E-state index < -0.39 is 0 Å². The Morgan fingerprint density at radius 2 is 2.06 bits per heavy atom. The lowest BCUT2D eigenvalue weighted by Gasteiger charge is -2.04. The number of nitrogens with zero attached hydrogens (tertiary/aromatic N) is 2. The molecule has 1 aliphatic heterocycles. The summed E-state index contributed by atoms with van der Waals surface area (Å²) in [5.74, 6) is 1.90. The van der Waals surface area contributed by atoms with Crippen molar-refractivity contribution < 1.29 is 14.0 Å². The van der Waals surface area contributed by atoms with Crippen molar-refractivity contribution in [2.24, 2.45) is 0 Å². The lowest BCUT2D eigenvalue weighted by Crippen LogP contribution is -1.92. The van der Waals surface area contributed by atoms with Crippen LogP contribution in [0.5, 0.6) is 11.5 Å². The first-order chi connectivity index (χ1) is 8.70. The molecule has 5 nitrogen and oxygen atoms in total. The minimum Gasteiger partial charge on any atom is -0.454 e. The van der Waals surface area contributed by atoms with Crippen LogP contribution in [0, 0.1) is 18.3 Å². The lowest BCUT2D eigenvalue weighted by atomic mass is 10.1. The fourth-order valence-electron chi connectivity index (χ4n) is 1.80. The van der Waals surface area contributed by atoms with Gasteiger partial charge < -0.3 is 14.0 Å². The van der Waals surface area contributed by atoms with Gasteiger partial charge in [-0.15, -0.1) is 0 Å². The standard InChI is InChI=1S/C12H7BrN2O3/c1-6-2-9-10(17-5-16-9)3-7(6)12-11(13)8(4-14)15-18-12/h2-3H,5H2,1H3. The summed E-state index contributed by atoms with van der Waals surface area (Å²) in [4.78, 5) is 0. The van der Waals surface area contributed by atoms with Gasteiger partial charge in [-0.1, -0.05) is 5.16 Å². The molecule has 6 heteroatoms. The summed E-state index contributed by atoms with van der Waals surface area (Å²) < 4.78 is 16.4. The largest absolute Gasteiger partial charge is 0.454 e. The Morgan fingerprint density at radius 1 is 1.33 bits per heavy atom. The predicted molar refractivity (Wildman–Crippen MR) is 65.2 cm³/mol. The summed E-state index contributed by atoms with van der Waals surface area (Å²) in [6.07, 6.45) is 0. The second kappa shape index (κ2) is 4.03. The highest BCUT2D eigenvalue weighted by Gasteiger charge is 2.21. The van der Waals surface area contributed by atoms with Crippen LogP contribution >= 0.6 is 15.9 Å². The average molecular weight is 307 g/mol. The molecule has 0 bridgehead atoms. The molecular weight excluding hydrogens is 300 g/mol. The van der Waals surface area contributed by atoms with Gasteiger partial charge in [-0.25, -0.2) is 0 Å². The first kappa shape index (κ1) is 11.1. The predicted octanol–water partition coefficient (Wildman–Crippen LogP) is 3.01. The maximum Gasteiger partial charge on any atom is 0.231 e. The van der Waals surface area contributed by atoms with Crippen LogP contribution in [0.3, 0.4) is 0 Å². The highest BCUT2D eigenvalue weighted by molar-refractivity contribution is 9.10. The SMILES string of the molecule is Cc1cc2c(cc1-c1onc(C#N)c1Br)OCO2. The van der Waals surface area contributed by atoms with Crippen molar-refractivity contribution in [2.45, 2.75) is 6.92 Å². The van der Waals surface area contributed by atoms with Crippen molar-refractivity contribution in [2.75, 3.05) is 6.79 Å². The van der Waals surface area contributed by atoms with Crippen molar-refractivity contribution in [1.82, 2.24) is 5.16 Å². The van der Waals surface area contributed by atoms with E-state index in [1.807, 2.05) is 25.1 Å². The second-order valence-corrected chi connectivity index (χ2v) is 4.60. The fourth-order valence-corrected chi connectivity index (χ4v) is 2.25. The van der Waals surface area contributed by atoms with Gasteiger partial charge in [0.2, 0.25) is 6.79 Å². The molecule has 0 unspecified atom stereocenters. The van der Waals surface area contributed by atoms with E-state index >= 15 is 0 Å². The molecule has 3 rings (SSSR count). The van der Waals surface area contributed by atoms with Gasteiger partial charge in [0, 0.05) is 5.56 Å². The maximum atomic E-state index is 8.86. The minimum absolute atomic E-state index is 0.221. The molecule has 1 aliphatic rings. The van der Waals surface area contributed by atoms with Crippen LogP contribution in [0.2, 0.25) is 0 Å². The van der Waals surface area contributed by atoms with Crippen molar-refractivity contribution in [3.63, 3.8) is 0 Å². The first-order valence-corrected chi connectivity index (χ1v) is 5.96. The molecule has 0 N–H and O–H groups in total. The van der Waals surface area contributed by atoms with E-state index in [0.29, 0.717) is 21.7 Å².